The minimum atomic E-state index is -0.000984. The average Bonchev–Trinajstić information content (AvgIpc) is 2.38. The Morgan fingerprint density at radius 3 is 2.84 bits per heavy atom. The van der Waals surface area contributed by atoms with Crippen LogP contribution in [0.4, 0.5) is 5.69 Å². The number of hydrogen-bond donors (Lipinski definition) is 0. The number of morpholine rings is 1. The van der Waals surface area contributed by atoms with Gasteiger partial charge in [0.1, 0.15) is 0 Å². The Kier molecular flexibility index (Phi) is 4.48. The monoisotopic (exact) mass is 281 g/mol. The molecule has 0 amide bonds. The van der Waals surface area contributed by atoms with Gasteiger partial charge in [0.05, 0.1) is 23.8 Å². The zero-order valence-corrected chi connectivity index (χ0v) is 12.4. The lowest BCUT2D eigenvalue weighted by molar-refractivity contribution is 0.0299. The number of rotatable bonds is 3. The van der Waals surface area contributed by atoms with Crippen LogP contribution in [0.25, 0.3) is 0 Å². The number of ether oxygens (including phenoxy) is 1. The van der Waals surface area contributed by atoms with Crippen LogP contribution in [-0.2, 0) is 4.74 Å². The first-order valence-electron chi connectivity index (χ1n) is 6.71. The average molecular weight is 282 g/mol. The van der Waals surface area contributed by atoms with Crippen molar-refractivity contribution in [1.29, 1.82) is 0 Å². The summed E-state index contributed by atoms with van der Waals surface area (Å²) in [6, 6.07) is 6.05. The van der Waals surface area contributed by atoms with Gasteiger partial charge in [0.25, 0.3) is 0 Å². The minimum Gasteiger partial charge on any atom is -0.375 e. The normalized spacial score (nSPS) is 23.5. The van der Waals surface area contributed by atoms with E-state index < -0.39 is 0 Å². The summed E-state index contributed by atoms with van der Waals surface area (Å²) in [4.78, 5) is 13.7. The number of ketones is 1. The molecule has 0 radical (unpaired) electrons. The first kappa shape index (κ1) is 14.4. The smallest absolute Gasteiger partial charge is 0.161 e. The predicted molar refractivity (Wildman–Crippen MR) is 78.3 cm³/mol. The Bertz CT molecular complexity index is 475. The minimum absolute atomic E-state index is 0.000984. The maximum atomic E-state index is 11.4. The molecule has 2 atom stereocenters. The summed E-state index contributed by atoms with van der Waals surface area (Å²) in [5.74, 6) is -0.000984. The van der Waals surface area contributed by atoms with Crippen LogP contribution in [0.5, 0.6) is 0 Å². The Morgan fingerprint density at radius 2 is 2.26 bits per heavy atom. The van der Waals surface area contributed by atoms with Crippen LogP contribution >= 0.6 is 11.6 Å². The van der Waals surface area contributed by atoms with E-state index in [1.165, 1.54) is 6.92 Å². The molecule has 1 fully saturated rings. The van der Waals surface area contributed by atoms with Crippen LogP contribution in [0.3, 0.4) is 0 Å². The summed E-state index contributed by atoms with van der Waals surface area (Å²) in [6.07, 6.45) is 1.24. The molecule has 0 bridgehead atoms. The van der Waals surface area contributed by atoms with Crippen molar-refractivity contribution in [3.05, 3.63) is 28.8 Å². The summed E-state index contributed by atoms with van der Waals surface area (Å²) in [6.45, 7) is 7.36. The highest BCUT2D eigenvalue weighted by Crippen LogP contribution is 2.28. The van der Waals surface area contributed by atoms with Gasteiger partial charge in [-0.3, -0.25) is 4.79 Å². The van der Waals surface area contributed by atoms with E-state index >= 15 is 0 Å². The van der Waals surface area contributed by atoms with Gasteiger partial charge in [-0.2, -0.15) is 0 Å². The first-order valence-corrected chi connectivity index (χ1v) is 7.09. The third-order valence-electron chi connectivity index (χ3n) is 3.60. The van der Waals surface area contributed by atoms with E-state index in [2.05, 4.69) is 18.7 Å². The molecule has 19 heavy (non-hydrogen) atoms. The van der Waals surface area contributed by atoms with Gasteiger partial charge in [0, 0.05) is 17.8 Å². The van der Waals surface area contributed by atoms with Crippen molar-refractivity contribution in [3.63, 3.8) is 0 Å². The molecule has 1 saturated heterocycles. The summed E-state index contributed by atoms with van der Waals surface area (Å²) >= 11 is 6.19. The van der Waals surface area contributed by atoms with Crippen molar-refractivity contribution < 1.29 is 9.53 Å². The molecule has 1 aliphatic rings. The van der Waals surface area contributed by atoms with Crippen LogP contribution in [0.15, 0.2) is 18.2 Å². The van der Waals surface area contributed by atoms with Crippen molar-refractivity contribution in [2.24, 2.45) is 0 Å². The van der Waals surface area contributed by atoms with Crippen LogP contribution in [0.2, 0.25) is 5.02 Å². The van der Waals surface area contributed by atoms with Crippen molar-refractivity contribution in [2.75, 3.05) is 18.1 Å². The maximum absolute atomic E-state index is 11.4. The van der Waals surface area contributed by atoms with Gasteiger partial charge in [-0.05, 0) is 38.5 Å². The molecule has 1 aliphatic heterocycles. The van der Waals surface area contributed by atoms with Crippen molar-refractivity contribution in [1.82, 2.24) is 0 Å². The fraction of sp³-hybridized carbons (Fsp3) is 0.533. The third kappa shape index (κ3) is 3.10. The molecular formula is C15H20ClNO2. The maximum Gasteiger partial charge on any atom is 0.161 e. The molecule has 2 unspecified atom stereocenters. The summed E-state index contributed by atoms with van der Waals surface area (Å²) in [7, 11) is 0. The highest BCUT2D eigenvalue weighted by molar-refractivity contribution is 6.34. The second-order valence-electron chi connectivity index (χ2n) is 5.08. The summed E-state index contributed by atoms with van der Waals surface area (Å²) < 4.78 is 5.70. The molecule has 1 aromatic rings. The Balaban J connectivity index is 2.29. The molecular weight excluding hydrogens is 262 g/mol. The van der Waals surface area contributed by atoms with Crippen molar-refractivity contribution in [3.8, 4) is 0 Å². The predicted octanol–water partition coefficient (Wildman–Crippen LogP) is 3.55. The zero-order valence-electron chi connectivity index (χ0n) is 11.6. The van der Waals surface area contributed by atoms with E-state index in [0.29, 0.717) is 16.6 Å². The highest BCUT2D eigenvalue weighted by atomic mass is 35.5. The topological polar surface area (TPSA) is 29.5 Å². The second-order valence-corrected chi connectivity index (χ2v) is 5.49. The van der Waals surface area contributed by atoms with E-state index in [0.717, 1.165) is 25.3 Å². The largest absolute Gasteiger partial charge is 0.375 e. The number of Topliss-reactive ketones (excluding diaryl/α,β-unsaturated/α-hetero) is 1. The van der Waals surface area contributed by atoms with E-state index in [9.17, 15) is 4.79 Å². The molecule has 1 heterocycles. The number of hydrogen-bond acceptors (Lipinski definition) is 3. The number of nitrogens with zero attached hydrogens (tertiary/aromatic N) is 1. The van der Waals surface area contributed by atoms with Gasteiger partial charge in [-0.25, -0.2) is 0 Å². The molecule has 0 aromatic heterocycles. The molecule has 3 nitrogen and oxygen atoms in total. The number of anilines is 1. The van der Waals surface area contributed by atoms with Crippen LogP contribution in [-0.4, -0.2) is 31.1 Å². The number of halogens is 1. The quantitative estimate of drug-likeness (QED) is 0.794. The molecule has 4 heteroatoms. The molecule has 0 aliphatic carbocycles. The van der Waals surface area contributed by atoms with Gasteiger partial charge in [0.15, 0.2) is 5.78 Å². The molecule has 0 spiro atoms. The van der Waals surface area contributed by atoms with Crippen LogP contribution < -0.4 is 4.90 Å². The Labute approximate surface area is 119 Å². The first-order chi connectivity index (χ1) is 9.02. The third-order valence-corrected chi connectivity index (χ3v) is 3.92. The van der Waals surface area contributed by atoms with E-state index in [4.69, 9.17) is 16.3 Å². The zero-order chi connectivity index (χ0) is 14.0. The van der Waals surface area contributed by atoms with Crippen molar-refractivity contribution in [2.45, 2.75) is 39.3 Å². The highest BCUT2D eigenvalue weighted by Gasteiger charge is 2.26. The molecule has 1 aromatic carbocycles. The SMILES string of the molecule is CCC1COC(C)CN1c1ccc(C(C)=O)c(Cl)c1. The van der Waals surface area contributed by atoms with Gasteiger partial charge < -0.3 is 9.64 Å². The standard InChI is InChI=1S/C15H20ClNO2/c1-4-12-9-19-10(2)8-17(12)13-5-6-14(11(3)18)15(16)7-13/h5-7,10,12H,4,8-9H2,1-3H3. The van der Waals surface area contributed by atoms with Crippen molar-refractivity contribution >= 4 is 23.1 Å². The lowest BCUT2D eigenvalue weighted by Crippen LogP contribution is -2.48. The molecule has 2 rings (SSSR count). The fourth-order valence-corrected chi connectivity index (χ4v) is 2.77. The molecule has 0 N–H and O–H groups in total. The lowest BCUT2D eigenvalue weighted by Gasteiger charge is -2.40. The number of carbonyl (C=O) groups excluding carboxylic acids is 1. The lowest BCUT2D eigenvalue weighted by atomic mass is 10.1. The van der Waals surface area contributed by atoms with Gasteiger partial charge in [-0.15, -0.1) is 0 Å². The molecule has 104 valence electrons. The summed E-state index contributed by atoms with van der Waals surface area (Å²) in [5, 5.41) is 0.527. The van der Waals surface area contributed by atoms with E-state index in [1.807, 2.05) is 18.2 Å². The summed E-state index contributed by atoms with van der Waals surface area (Å²) in [5.41, 5.74) is 1.65. The van der Waals surface area contributed by atoms with Gasteiger partial charge >= 0.3 is 0 Å². The van der Waals surface area contributed by atoms with Gasteiger partial charge in [0.2, 0.25) is 0 Å². The van der Waals surface area contributed by atoms with Crippen LogP contribution in [0.1, 0.15) is 37.6 Å². The van der Waals surface area contributed by atoms with Crippen LogP contribution in [0, 0.1) is 0 Å². The van der Waals surface area contributed by atoms with Gasteiger partial charge in [-0.1, -0.05) is 18.5 Å². The number of carbonyl (C=O) groups is 1. The molecule has 0 saturated carbocycles. The fourth-order valence-electron chi connectivity index (χ4n) is 2.47. The Morgan fingerprint density at radius 1 is 1.53 bits per heavy atom. The van der Waals surface area contributed by atoms with E-state index in [-0.39, 0.29) is 11.9 Å². The Hall–Kier alpha value is -1.06. The second kappa shape index (κ2) is 5.93. The number of benzene rings is 1. The van der Waals surface area contributed by atoms with E-state index in [1.54, 1.807) is 0 Å².